The third-order valence-electron chi connectivity index (χ3n) is 4.49. The summed E-state index contributed by atoms with van der Waals surface area (Å²) in [6.45, 7) is 1.61. The molecular weight excluding hydrogens is 456 g/mol. The number of esters is 1. The number of benzene rings is 3. The van der Waals surface area contributed by atoms with Crippen molar-refractivity contribution in [1.82, 2.24) is 5.43 Å². The Morgan fingerprint density at radius 2 is 1.71 bits per heavy atom. The van der Waals surface area contributed by atoms with Crippen molar-refractivity contribution in [3.05, 3.63) is 95.0 Å². The van der Waals surface area contributed by atoms with E-state index in [2.05, 4.69) is 10.5 Å². The number of carbonyl (C=O) groups excluding carboxylic acids is 2. The van der Waals surface area contributed by atoms with E-state index in [4.69, 9.17) is 25.8 Å². The van der Waals surface area contributed by atoms with Gasteiger partial charge in [-0.3, -0.25) is 4.79 Å². The minimum absolute atomic E-state index is 0.261. The number of nitrogens with zero attached hydrogens (tertiary/aromatic N) is 1. The Balaban J connectivity index is 1.55. The average molecular weight is 479 g/mol. The summed E-state index contributed by atoms with van der Waals surface area (Å²) in [5.41, 5.74) is 3.93. The van der Waals surface area contributed by atoms with Gasteiger partial charge in [-0.05, 0) is 66.6 Å². The summed E-state index contributed by atoms with van der Waals surface area (Å²) in [5, 5.41) is 4.52. The van der Waals surface area contributed by atoms with Gasteiger partial charge in [0.05, 0.1) is 13.3 Å². The lowest BCUT2D eigenvalue weighted by Gasteiger charge is -2.12. The van der Waals surface area contributed by atoms with Gasteiger partial charge in [-0.2, -0.15) is 5.10 Å². The first kappa shape index (κ1) is 24.5. The SMILES string of the molecule is COc1cc(C=NNC(=O)C(C)Oc2ccc(Cl)cc2)ccc1OC(=O)C=Cc1ccccc1. The lowest BCUT2D eigenvalue weighted by molar-refractivity contribution is -0.129. The Morgan fingerprint density at radius 1 is 0.971 bits per heavy atom. The standard InChI is InChI=1S/C26H23ClN2O5/c1-18(33-22-12-10-21(27)11-13-22)26(31)29-28-17-20-8-14-23(24(16-20)32-2)34-25(30)15-9-19-6-4-3-5-7-19/h3-18H,1-2H3,(H,29,31). The predicted octanol–water partition coefficient (Wildman–Crippen LogP) is 4.89. The maximum Gasteiger partial charge on any atom is 0.336 e. The van der Waals surface area contributed by atoms with Crippen LogP contribution in [-0.2, 0) is 9.59 Å². The maximum atomic E-state index is 12.2. The third kappa shape index (κ3) is 7.50. The molecule has 34 heavy (non-hydrogen) atoms. The van der Waals surface area contributed by atoms with Gasteiger partial charge in [0.25, 0.3) is 5.91 Å². The van der Waals surface area contributed by atoms with Crippen LogP contribution in [0.5, 0.6) is 17.2 Å². The van der Waals surface area contributed by atoms with Crippen molar-refractivity contribution in [1.29, 1.82) is 0 Å². The highest BCUT2D eigenvalue weighted by Crippen LogP contribution is 2.28. The smallest absolute Gasteiger partial charge is 0.336 e. The largest absolute Gasteiger partial charge is 0.493 e. The molecular formula is C26H23ClN2O5. The Morgan fingerprint density at radius 3 is 2.41 bits per heavy atom. The van der Waals surface area contributed by atoms with Crippen LogP contribution >= 0.6 is 11.6 Å². The molecule has 0 bridgehead atoms. The zero-order valence-corrected chi connectivity index (χ0v) is 19.4. The van der Waals surface area contributed by atoms with Gasteiger partial charge in [0.2, 0.25) is 0 Å². The van der Waals surface area contributed by atoms with E-state index in [-0.39, 0.29) is 5.75 Å². The number of halogens is 1. The highest BCUT2D eigenvalue weighted by atomic mass is 35.5. The zero-order chi connectivity index (χ0) is 24.3. The lowest BCUT2D eigenvalue weighted by Crippen LogP contribution is -2.33. The molecule has 0 aliphatic carbocycles. The van der Waals surface area contributed by atoms with Crippen molar-refractivity contribution in [3.8, 4) is 17.2 Å². The van der Waals surface area contributed by atoms with E-state index >= 15 is 0 Å². The van der Waals surface area contributed by atoms with Crippen LogP contribution in [0.25, 0.3) is 6.08 Å². The van der Waals surface area contributed by atoms with E-state index in [1.165, 1.54) is 19.4 Å². The fraction of sp³-hybridized carbons (Fsp3) is 0.115. The molecule has 1 N–H and O–H groups in total. The number of nitrogens with one attached hydrogen (secondary N) is 1. The van der Waals surface area contributed by atoms with Gasteiger partial charge in [-0.1, -0.05) is 41.9 Å². The molecule has 1 amide bonds. The molecule has 1 atom stereocenters. The second-order valence-corrected chi connectivity index (χ2v) is 7.46. The molecule has 7 nitrogen and oxygen atoms in total. The normalized spacial score (nSPS) is 11.9. The minimum atomic E-state index is -0.765. The quantitative estimate of drug-likeness (QED) is 0.156. The van der Waals surface area contributed by atoms with Crippen molar-refractivity contribution in [2.24, 2.45) is 5.10 Å². The highest BCUT2D eigenvalue weighted by molar-refractivity contribution is 6.30. The van der Waals surface area contributed by atoms with Gasteiger partial charge >= 0.3 is 5.97 Å². The summed E-state index contributed by atoms with van der Waals surface area (Å²) in [5.74, 6) is 0.163. The van der Waals surface area contributed by atoms with Crippen LogP contribution in [-0.4, -0.2) is 31.3 Å². The first-order valence-corrected chi connectivity index (χ1v) is 10.7. The molecule has 0 aromatic heterocycles. The van der Waals surface area contributed by atoms with Crippen LogP contribution < -0.4 is 19.6 Å². The van der Waals surface area contributed by atoms with Crippen molar-refractivity contribution in [2.45, 2.75) is 13.0 Å². The van der Waals surface area contributed by atoms with Crippen LogP contribution in [0, 0.1) is 0 Å². The molecule has 174 valence electrons. The predicted molar refractivity (Wildman–Crippen MR) is 131 cm³/mol. The van der Waals surface area contributed by atoms with E-state index in [0.717, 1.165) is 5.56 Å². The number of hydrogen-bond donors (Lipinski definition) is 1. The number of carbonyl (C=O) groups is 2. The van der Waals surface area contributed by atoms with Crippen LogP contribution in [0.15, 0.2) is 84.0 Å². The number of rotatable bonds is 9. The third-order valence-corrected chi connectivity index (χ3v) is 4.75. The Bertz CT molecular complexity index is 1180. The first-order valence-electron chi connectivity index (χ1n) is 10.3. The van der Waals surface area contributed by atoms with Gasteiger partial charge in [-0.15, -0.1) is 0 Å². The van der Waals surface area contributed by atoms with Crippen molar-refractivity contribution < 1.29 is 23.8 Å². The Kier molecular flexibility index (Phi) is 8.82. The molecule has 3 aromatic carbocycles. The summed E-state index contributed by atoms with van der Waals surface area (Å²) in [6.07, 6.45) is 3.68. The second kappa shape index (κ2) is 12.2. The minimum Gasteiger partial charge on any atom is -0.493 e. The molecule has 0 radical (unpaired) electrons. The summed E-state index contributed by atoms with van der Waals surface area (Å²) in [4.78, 5) is 24.3. The van der Waals surface area contributed by atoms with Crippen LogP contribution in [0.4, 0.5) is 0 Å². The van der Waals surface area contributed by atoms with Crippen LogP contribution in [0.1, 0.15) is 18.1 Å². The van der Waals surface area contributed by atoms with Crippen molar-refractivity contribution in [3.63, 3.8) is 0 Å². The summed E-state index contributed by atoms with van der Waals surface area (Å²) < 4.78 is 16.2. The van der Waals surface area contributed by atoms with Crippen molar-refractivity contribution in [2.75, 3.05) is 7.11 Å². The zero-order valence-electron chi connectivity index (χ0n) is 18.6. The summed E-state index contributed by atoms with van der Waals surface area (Å²) in [7, 11) is 1.46. The molecule has 0 fully saturated rings. The van der Waals surface area contributed by atoms with E-state index < -0.39 is 18.0 Å². The molecule has 0 aliphatic heterocycles. The van der Waals surface area contributed by atoms with Gasteiger partial charge in [0.15, 0.2) is 17.6 Å². The highest BCUT2D eigenvalue weighted by Gasteiger charge is 2.14. The average Bonchev–Trinajstić information content (AvgIpc) is 2.85. The number of methoxy groups -OCH3 is 1. The van der Waals surface area contributed by atoms with Crippen molar-refractivity contribution >= 4 is 35.8 Å². The van der Waals surface area contributed by atoms with Gasteiger partial charge in [0, 0.05) is 11.1 Å². The lowest BCUT2D eigenvalue weighted by atomic mass is 10.2. The number of amides is 1. The molecule has 8 heteroatoms. The maximum absolute atomic E-state index is 12.2. The molecule has 3 aromatic rings. The number of ether oxygens (including phenoxy) is 3. The first-order chi connectivity index (χ1) is 16.4. The number of hydrogen-bond acceptors (Lipinski definition) is 6. The fourth-order valence-corrected chi connectivity index (χ4v) is 2.88. The fourth-order valence-electron chi connectivity index (χ4n) is 2.75. The molecule has 1 unspecified atom stereocenters. The van der Waals surface area contributed by atoms with E-state index in [1.54, 1.807) is 55.5 Å². The van der Waals surface area contributed by atoms with Crippen LogP contribution in [0.2, 0.25) is 5.02 Å². The van der Waals surface area contributed by atoms with E-state index in [0.29, 0.717) is 22.1 Å². The summed E-state index contributed by atoms with van der Waals surface area (Å²) >= 11 is 5.84. The summed E-state index contributed by atoms with van der Waals surface area (Å²) in [6, 6.07) is 21.0. The van der Waals surface area contributed by atoms with Gasteiger partial charge in [0.1, 0.15) is 5.75 Å². The molecule has 0 spiro atoms. The van der Waals surface area contributed by atoms with E-state index in [9.17, 15) is 9.59 Å². The molecule has 0 aliphatic rings. The van der Waals surface area contributed by atoms with Gasteiger partial charge in [-0.25, -0.2) is 10.2 Å². The molecule has 0 saturated heterocycles. The monoisotopic (exact) mass is 478 g/mol. The second-order valence-electron chi connectivity index (χ2n) is 7.02. The molecule has 3 rings (SSSR count). The molecule has 0 heterocycles. The van der Waals surface area contributed by atoms with E-state index in [1.807, 2.05) is 30.3 Å². The Labute approximate surface area is 202 Å². The Hall–Kier alpha value is -4.10. The molecule has 0 saturated carbocycles. The topological polar surface area (TPSA) is 86.2 Å². The van der Waals surface area contributed by atoms with Crippen LogP contribution in [0.3, 0.4) is 0 Å². The van der Waals surface area contributed by atoms with Gasteiger partial charge < -0.3 is 14.2 Å². The number of hydrazone groups is 1.